The molecule has 0 aliphatic rings. The predicted molar refractivity (Wildman–Crippen MR) is 76.3 cm³/mol. The zero-order valence-corrected chi connectivity index (χ0v) is 12.4. The van der Waals surface area contributed by atoms with E-state index in [4.69, 9.17) is 0 Å². The molecule has 5 heteroatoms. The maximum atomic E-state index is 11.6. The quantitative estimate of drug-likeness (QED) is 0.455. The Morgan fingerprint density at radius 2 is 2.19 bits per heavy atom. The van der Waals surface area contributed by atoms with E-state index in [-0.39, 0.29) is 11.7 Å². The molecular weight excluding hydrogens is 385 g/mol. The predicted octanol–water partition coefficient (Wildman–Crippen LogP) is 3.10. The van der Waals surface area contributed by atoms with Gasteiger partial charge in [0.25, 0.3) is 5.91 Å². The van der Waals surface area contributed by atoms with Gasteiger partial charge in [-0.05, 0) is 51.4 Å². The van der Waals surface area contributed by atoms with Crippen LogP contribution in [-0.4, -0.2) is 22.0 Å². The van der Waals surface area contributed by atoms with Gasteiger partial charge in [-0.1, -0.05) is 22.6 Å². The minimum Gasteiger partial charge on any atom is -0.507 e. The number of carbonyl (C=O) groups excluding carboxylic acids is 1. The molecule has 2 N–H and O–H groups in total. The summed E-state index contributed by atoms with van der Waals surface area (Å²) in [7, 11) is 0. The fourth-order valence-corrected chi connectivity index (χ4v) is 1.96. The van der Waals surface area contributed by atoms with Crippen molar-refractivity contribution < 1.29 is 9.90 Å². The summed E-state index contributed by atoms with van der Waals surface area (Å²) in [5.74, 6) is -0.0591. The number of amides is 1. The first-order valence-corrected chi connectivity index (χ1v) is 7.29. The Kier molecular flexibility index (Phi) is 6.12. The molecule has 0 atom stereocenters. The Morgan fingerprint density at radius 3 is 2.81 bits per heavy atom. The van der Waals surface area contributed by atoms with Crippen molar-refractivity contribution in [2.75, 3.05) is 11.0 Å². The molecule has 1 aromatic carbocycles. The Labute approximate surface area is 117 Å². The Bertz CT molecular complexity index is 371. The number of alkyl halides is 1. The summed E-state index contributed by atoms with van der Waals surface area (Å²) in [6.45, 7) is 0.679. The Balaban J connectivity index is 2.50. The van der Waals surface area contributed by atoms with Gasteiger partial charge in [0.2, 0.25) is 0 Å². The Morgan fingerprint density at radius 1 is 1.44 bits per heavy atom. The smallest absolute Gasteiger partial charge is 0.251 e. The second kappa shape index (κ2) is 7.11. The fourth-order valence-electron chi connectivity index (χ4n) is 1.18. The van der Waals surface area contributed by atoms with Gasteiger partial charge in [-0.25, -0.2) is 0 Å². The molecule has 0 saturated carbocycles. The molecule has 0 saturated heterocycles. The van der Waals surface area contributed by atoms with Crippen LogP contribution in [0.25, 0.3) is 0 Å². The monoisotopic (exact) mass is 397 g/mol. The number of benzene rings is 1. The molecule has 16 heavy (non-hydrogen) atoms. The molecule has 0 fully saturated rings. The van der Waals surface area contributed by atoms with Crippen LogP contribution in [0.4, 0.5) is 0 Å². The van der Waals surface area contributed by atoms with E-state index in [0.717, 1.165) is 17.3 Å². The first-order chi connectivity index (χ1) is 7.65. The molecule has 0 unspecified atom stereocenters. The van der Waals surface area contributed by atoms with Crippen LogP contribution in [0.1, 0.15) is 23.2 Å². The standard InChI is InChI=1S/C11H13BrINO2/c12-9-4-3-8(7-10(9)15)11(16)14-6-2-1-5-13/h3-4,7,15H,1-2,5-6H2,(H,14,16). The third kappa shape index (κ3) is 4.29. The highest BCUT2D eigenvalue weighted by Crippen LogP contribution is 2.24. The number of carbonyl (C=O) groups is 1. The van der Waals surface area contributed by atoms with Crippen LogP contribution < -0.4 is 5.32 Å². The third-order valence-corrected chi connectivity index (χ3v) is 3.49. The van der Waals surface area contributed by atoms with Gasteiger partial charge < -0.3 is 10.4 Å². The number of aromatic hydroxyl groups is 1. The summed E-state index contributed by atoms with van der Waals surface area (Å²) in [5, 5.41) is 12.2. The average Bonchev–Trinajstić information content (AvgIpc) is 2.28. The second-order valence-corrected chi connectivity index (χ2v) is 5.25. The van der Waals surface area contributed by atoms with Crippen LogP contribution >= 0.6 is 38.5 Å². The van der Waals surface area contributed by atoms with Gasteiger partial charge in [0.15, 0.2) is 0 Å². The van der Waals surface area contributed by atoms with Gasteiger partial charge in [-0.3, -0.25) is 4.79 Å². The van der Waals surface area contributed by atoms with Gasteiger partial charge in [0.05, 0.1) is 4.47 Å². The van der Waals surface area contributed by atoms with E-state index in [2.05, 4.69) is 43.8 Å². The lowest BCUT2D eigenvalue weighted by molar-refractivity contribution is 0.0953. The average molecular weight is 398 g/mol. The summed E-state index contributed by atoms with van der Waals surface area (Å²) < 4.78 is 1.70. The molecule has 0 aliphatic heterocycles. The largest absolute Gasteiger partial charge is 0.507 e. The highest BCUT2D eigenvalue weighted by molar-refractivity contribution is 14.1. The molecule has 0 aliphatic carbocycles. The first-order valence-electron chi connectivity index (χ1n) is 4.98. The molecule has 0 radical (unpaired) electrons. The van der Waals surface area contributed by atoms with Crippen LogP contribution in [0.3, 0.4) is 0 Å². The molecule has 0 bridgehead atoms. The van der Waals surface area contributed by atoms with Gasteiger partial charge >= 0.3 is 0 Å². The van der Waals surface area contributed by atoms with Crippen molar-refractivity contribution in [2.45, 2.75) is 12.8 Å². The topological polar surface area (TPSA) is 49.3 Å². The maximum Gasteiger partial charge on any atom is 0.251 e. The zero-order valence-electron chi connectivity index (χ0n) is 8.67. The van der Waals surface area contributed by atoms with Crippen molar-refractivity contribution in [1.82, 2.24) is 5.32 Å². The molecule has 0 spiro atoms. The molecule has 1 aromatic rings. The maximum absolute atomic E-state index is 11.6. The first kappa shape index (κ1) is 13.8. The van der Waals surface area contributed by atoms with Gasteiger partial charge in [0.1, 0.15) is 5.75 Å². The highest BCUT2D eigenvalue weighted by Gasteiger charge is 2.07. The van der Waals surface area contributed by atoms with Crippen molar-refractivity contribution >= 4 is 44.4 Å². The van der Waals surface area contributed by atoms with Crippen LogP contribution in [-0.2, 0) is 0 Å². The molecular formula is C11H13BrINO2. The van der Waals surface area contributed by atoms with Gasteiger partial charge in [-0.2, -0.15) is 0 Å². The number of halogens is 2. The van der Waals surface area contributed by atoms with E-state index in [1.165, 1.54) is 6.07 Å². The van der Waals surface area contributed by atoms with E-state index in [9.17, 15) is 9.90 Å². The number of phenolic OH excluding ortho intramolecular Hbond substituents is 1. The minimum absolute atomic E-state index is 0.0833. The highest BCUT2D eigenvalue weighted by atomic mass is 127. The minimum atomic E-state index is -0.142. The van der Waals surface area contributed by atoms with Gasteiger partial charge in [-0.15, -0.1) is 0 Å². The van der Waals surface area contributed by atoms with Crippen molar-refractivity contribution in [1.29, 1.82) is 0 Å². The normalized spacial score (nSPS) is 10.1. The second-order valence-electron chi connectivity index (χ2n) is 3.32. The lowest BCUT2D eigenvalue weighted by Crippen LogP contribution is -2.24. The summed E-state index contributed by atoms with van der Waals surface area (Å²) in [6, 6.07) is 4.80. The van der Waals surface area contributed by atoms with Crippen molar-refractivity contribution in [3.63, 3.8) is 0 Å². The number of nitrogens with one attached hydrogen (secondary N) is 1. The summed E-state index contributed by atoms with van der Waals surface area (Å²) >= 11 is 5.48. The van der Waals surface area contributed by atoms with E-state index in [0.29, 0.717) is 16.6 Å². The van der Waals surface area contributed by atoms with E-state index in [1.54, 1.807) is 12.1 Å². The fraction of sp³-hybridized carbons (Fsp3) is 0.364. The van der Waals surface area contributed by atoms with E-state index >= 15 is 0 Å². The number of unbranched alkanes of at least 4 members (excludes halogenated alkanes) is 1. The molecule has 0 aromatic heterocycles. The van der Waals surface area contributed by atoms with Crippen molar-refractivity contribution in [3.05, 3.63) is 28.2 Å². The van der Waals surface area contributed by atoms with Crippen molar-refractivity contribution in [2.24, 2.45) is 0 Å². The lowest BCUT2D eigenvalue weighted by atomic mass is 10.2. The molecule has 1 amide bonds. The zero-order chi connectivity index (χ0) is 12.0. The van der Waals surface area contributed by atoms with Gasteiger partial charge in [0, 0.05) is 12.1 Å². The van der Waals surface area contributed by atoms with Crippen LogP contribution in [0, 0.1) is 0 Å². The lowest BCUT2D eigenvalue weighted by Gasteiger charge is -2.05. The van der Waals surface area contributed by atoms with Crippen LogP contribution in [0.15, 0.2) is 22.7 Å². The van der Waals surface area contributed by atoms with Crippen LogP contribution in [0.5, 0.6) is 5.75 Å². The molecule has 88 valence electrons. The third-order valence-electron chi connectivity index (χ3n) is 2.05. The summed E-state index contributed by atoms with van der Waals surface area (Å²) in [6.07, 6.45) is 2.09. The Hall–Kier alpha value is -0.300. The number of hydrogen-bond acceptors (Lipinski definition) is 2. The number of hydrogen-bond donors (Lipinski definition) is 2. The SMILES string of the molecule is O=C(NCCCCI)c1ccc(Br)c(O)c1. The molecule has 0 heterocycles. The molecule has 3 nitrogen and oxygen atoms in total. The summed E-state index contributed by atoms with van der Waals surface area (Å²) in [5.41, 5.74) is 0.482. The molecule has 1 rings (SSSR count). The number of rotatable bonds is 5. The van der Waals surface area contributed by atoms with E-state index < -0.39 is 0 Å². The van der Waals surface area contributed by atoms with Crippen molar-refractivity contribution in [3.8, 4) is 5.75 Å². The van der Waals surface area contributed by atoms with E-state index in [1.807, 2.05) is 0 Å². The van der Waals surface area contributed by atoms with Crippen LogP contribution in [0.2, 0.25) is 0 Å². The summed E-state index contributed by atoms with van der Waals surface area (Å²) in [4.78, 5) is 11.6. The number of phenols is 1.